The number of carbonyl (C=O) groups excluding carboxylic acids is 1. The molecular formula is C16H22N2O4S2. The molecule has 1 amide bonds. The zero-order valence-electron chi connectivity index (χ0n) is 13.6. The molecule has 1 N–H and O–H groups in total. The third kappa shape index (κ3) is 4.05. The van der Waals surface area contributed by atoms with E-state index in [1.54, 1.807) is 22.3 Å². The zero-order valence-corrected chi connectivity index (χ0v) is 15.2. The molecule has 24 heavy (non-hydrogen) atoms. The van der Waals surface area contributed by atoms with E-state index in [1.807, 2.05) is 23.6 Å². The summed E-state index contributed by atoms with van der Waals surface area (Å²) in [6.45, 7) is 2.27. The van der Waals surface area contributed by atoms with Gasteiger partial charge < -0.3 is 9.64 Å². The number of thiophene rings is 1. The van der Waals surface area contributed by atoms with Gasteiger partial charge in [0.25, 0.3) is 0 Å². The minimum absolute atomic E-state index is 0.00228. The third-order valence-electron chi connectivity index (χ3n) is 4.62. The van der Waals surface area contributed by atoms with Crippen LogP contribution in [-0.4, -0.2) is 57.3 Å². The molecule has 1 atom stereocenters. The van der Waals surface area contributed by atoms with Gasteiger partial charge in [0.15, 0.2) is 0 Å². The number of carbonyl (C=O) groups is 1. The van der Waals surface area contributed by atoms with Crippen LogP contribution >= 0.6 is 11.3 Å². The van der Waals surface area contributed by atoms with Crippen molar-refractivity contribution in [2.45, 2.75) is 18.4 Å². The minimum atomic E-state index is -3.16. The first-order valence-electron chi connectivity index (χ1n) is 7.97. The van der Waals surface area contributed by atoms with Crippen LogP contribution in [0.4, 0.5) is 0 Å². The van der Waals surface area contributed by atoms with Gasteiger partial charge in [-0.1, -0.05) is 6.07 Å². The summed E-state index contributed by atoms with van der Waals surface area (Å²) < 4.78 is 30.8. The van der Waals surface area contributed by atoms with Gasteiger partial charge in [0.1, 0.15) is 5.60 Å². The second-order valence-electron chi connectivity index (χ2n) is 6.40. The highest BCUT2D eigenvalue weighted by molar-refractivity contribution is 7.88. The largest absolute Gasteiger partial charge is 0.371 e. The van der Waals surface area contributed by atoms with Crippen LogP contribution in [0, 0.1) is 5.92 Å². The highest BCUT2D eigenvalue weighted by Gasteiger charge is 2.53. The SMILES string of the molecule is CS(=O)(=O)NCCC1CCOC12CN(C(=O)/C=C/c1cccs1)C2. The fourth-order valence-electron chi connectivity index (χ4n) is 3.36. The van der Waals surface area contributed by atoms with Gasteiger partial charge in [0, 0.05) is 24.1 Å². The molecule has 2 fully saturated rings. The van der Waals surface area contributed by atoms with Gasteiger partial charge in [0.2, 0.25) is 15.9 Å². The number of amides is 1. The van der Waals surface area contributed by atoms with E-state index in [0.29, 0.717) is 26.2 Å². The molecule has 0 aromatic carbocycles. The van der Waals surface area contributed by atoms with Gasteiger partial charge in [0.05, 0.1) is 19.3 Å². The van der Waals surface area contributed by atoms with Crippen molar-refractivity contribution in [1.29, 1.82) is 0 Å². The van der Waals surface area contributed by atoms with E-state index in [0.717, 1.165) is 24.0 Å². The highest BCUT2D eigenvalue weighted by atomic mass is 32.2. The van der Waals surface area contributed by atoms with Crippen molar-refractivity contribution in [1.82, 2.24) is 9.62 Å². The Hall–Kier alpha value is -1.22. The molecule has 3 rings (SSSR count). The number of rotatable bonds is 6. The average molecular weight is 370 g/mol. The third-order valence-corrected chi connectivity index (χ3v) is 6.18. The number of ether oxygens (including phenoxy) is 1. The lowest BCUT2D eigenvalue weighted by Crippen LogP contribution is -2.66. The predicted molar refractivity (Wildman–Crippen MR) is 94.2 cm³/mol. The second kappa shape index (κ2) is 6.95. The molecule has 6 nitrogen and oxygen atoms in total. The molecule has 3 heterocycles. The predicted octanol–water partition coefficient (Wildman–Crippen LogP) is 1.32. The van der Waals surface area contributed by atoms with Crippen molar-refractivity contribution < 1.29 is 17.9 Å². The van der Waals surface area contributed by atoms with E-state index in [2.05, 4.69) is 4.72 Å². The highest BCUT2D eigenvalue weighted by Crippen LogP contribution is 2.41. The van der Waals surface area contributed by atoms with Crippen molar-refractivity contribution in [3.8, 4) is 0 Å². The molecule has 8 heteroatoms. The first-order chi connectivity index (χ1) is 11.4. The number of nitrogens with zero attached hydrogens (tertiary/aromatic N) is 1. The molecule has 1 spiro atoms. The summed E-state index contributed by atoms with van der Waals surface area (Å²) in [5.41, 5.74) is -0.286. The standard InChI is InChI=1S/C16H22N2O4S2/c1-24(20,21)17-8-6-13-7-9-22-16(13)11-18(12-16)15(19)5-4-14-3-2-10-23-14/h2-5,10,13,17H,6-9,11-12H2,1H3/b5-4+. The van der Waals surface area contributed by atoms with Crippen LogP contribution in [0.3, 0.4) is 0 Å². The monoisotopic (exact) mass is 370 g/mol. The molecule has 0 radical (unpaired) electrons. The molecule has 2 aliphatic heterocycles. The Kier molecular flexibility index (Phi) is 5.10. The molecule has 0 bridgehead atoms. The maximum atomic E-state index is 12.2. The first kappa shape index (κ1) is 17.6. The Balaban J connectivity index is 1.50. The van der Waals surface area contributed by atoms with Crippen molar-refractivity contribution in [3.05, 3.63) is 28.5 Å². The molecule has 0 aliphatic carbocycles. The summed E-state index contributed by atoms with van der Waals surface area (Å²) >= 11 is 1.59. The quantitative estimate of drug-likeness (QED) is 0.767. The van der Waals surface area contributed by atoms with E-state index in [9.17, 15) is 13.2 Å². The molecule has 1 unspecified atom stereocenters. The van der Waals surface area contributed by atoms with Crippen LogP contribution in [0.5, 0.6) is 0 Å². The summed E-state index contributed by atoms with van der Waals surface area (Å²) in [5, 5.41) is 1.98. The van der Waals surface area contributed by atoms with Crippen molar-refractivity contribution in [3.63, 3.8) is 0 Å². The summed E-state index contributed by atoms with van der Waals surface area (Å²) in [6, 6.07) is 3.92. The van der Waals surface area contributed by atoms with Crippen molar-refractivity contribution in [2.24, 2.45) is 5.92 Å². The van der Waals surface area contributed by atoms with Gasteiger partial charge in [-0.05, 0) is 36.3 Å². The molecule has 1 aromatic rings. The van der Waals surface area contributed by atoms with Gasteiger partial charge >= 0.3 is 0 Å². The normalized spacial score (nSPS) is 23.0. The summed E-state index contributed by atoms with van der Waals surface area (Å²) in [5.74, 6) is 0.287. The van der Waals surface area contributed by atoms with Gasteiger partial charge in [-0.15, -0.1) is 11.3 Å². The topological polar surface area (TPSA) is 75.7 Å². The minimum Gasteiger partial charge on any atom is -0.371 e. The molecular weight excluding hydrogens is 348 g/mol. The van der Waals surface area contributed by atoms with E-state index < -0.39 is 10.0 Å². The fourth-order valence-corrected chi connectivity index (χ4v) is 4.47. The molecule has 2 saturated heterocycles. The van der Waals surface area contributed by atoms with E-state index in [-0.39, 0.29) is 17.4 Å². The number of sulfonamides is 1. The summed E-state index contributed by atoms with van der Waals surface area (Å²) in [7, 11) is -3.16. The van der Waals surface area contributed by atoms with E-state index >= 15 is 0 Å². The van der Waals surface area contributed by atoms with Crippen LogP contribution in [0.1, 0.15) is 17.7 Å². The Labute approximate surface area is 146 Å². The first-order valence-corrected chi connectivity index (χ1v) is 10.7. The number of likely N-dealkylation sites (tertiary alicyclic amines) is 1. The van der Waals surface area contributed by atoms with E-state index in [4.69, 9.17) is 4.74 Å². The maximum Gasteiger partial charge on any atom is 0.246 e. The average Bonchev–Trinajstić information content (AvgIpc) is 3.11. The smallest absolute Gasteiger partial charge is 0.246 e. The Morgan fingerprint density at radius 2 is 2.33 bits per heavy atom. The van der Waals surface area contributed by atoms with Crippen molar-refractivity contribution >= 4 is 33.3 Å². The second-order valence-corrected chi connectivity index (χ2v) is 9.21. The lowest BCUT2D eigenvalue weighted by Gasteiger charge is -2.50. The lowest BCUT2D eigenvalue weighted by molar-refractivity contribution is -0.160. The Morgan fingerprint density at radius 1 is 1.54 bits per heavy atom. The van der Waals surface area contributed by atoms with Gasteiger partial charge in [-0.25, -0.2) is 13.1 Å². The van der Waals surface area contributed by atoms with Crippen LogP contribution in [0.15, 0.2) is 23.6 Å². The molecule has 2 aliphatic rings. The van der Waals surface area contributed by atoms with Gasteiger partial charge in [-0.3, -0.25) is 4.79 Å². The summed E-state index contributed by atoms with van der Waals surface area (Å²) in [6.07, 6.45) is 6.26. The molecule has 0 saturated carbocycles. The Bertz CT molecular complexity index is 706. The number of nitrogens with one attached hydrogen (secondary N) is 1. The van der Waals surface area contributed by atoms with Crippen LogP contribution < -0.4 is 4.72 Å². The Morgan fingerprint density at radius 3 is 3.00 bits per heavy atom. The maximum absolute atomic E-state index is 12.2. The molecule has 1 aromatic heterocycles. The van der Waals surface area contributed by atoms with Gasteiger partial charge in [-0.2, -0.15) is 0 Å². The summed E-state index contributed by atoms with van der Waals surface area (Å²) in [4.78, 5) is 15.0. The van der Waals surface area contributed by atoms with E-state index in [1.165, 1.54) is 0 Å². The fraction of sp³-hybridized carbons (Fsp3) is 0.562. The molecule has 132 valence electrons. The zero-order chi connectivity index (χ0) is 17.2. The lowest BCUT2D eigenvalue weighted by atomic mass is 9.79. The van der Waals surface area contributed by atoms with Crippen molar-refractivity contribution in [2.75, 3.05) is 32.5 Å². The number of hydrogen-bond donors (Lipinski definition) is 1. The van der Waals surface area contributed by atoms with Crippen LogP contribution in [0.2, 0.25) is 0 Å². The van der Waals surface area contributed by atoms with Crippen LogP contribution in [-0.2, 0) is 19.6 Å². The van der Waals surface area contributed by atoms with Crippen LogP contribution in [0.25, 0.3) is 6.08 Å². The number of hydrogen-bond acceptors (Lipinski definition) is 5.